The first kappa shape index (κ1) is 26.3. The number of aliphatic hydroxyl groups excluding tert-OH is 1. The van der Waals surface area contributed by atoms with E-state index in [0.717, 1.165) is 5.56 Å². The standard InChI is InChI=1S/C23H34N4O6/c1-13(2)19(23(32)33)26-20(29)16(12-15-8-5-4-6-9-15)25-21(30)17-10-7-11-27(17)22(31)18(24)14(3)28/h4-6,8-9,13-14,16-19,28H,7,10-12,24H2,1-3H3,(H,25,30)(H,26,29)(H,32,33). The molecule has 0 spiro atoms. The average Bonchev–Trinajstić information content (AvgIpc) is 3.26. The van der Waals surface area contributed by atoms with E-state index in [1.165, 1.54) is 11.8 Å². The number of rotatable bonds is 10. The minimum atomic E-state index is -1.16. The van der Waals surface area contributed by atoms with Gasteiger partial charge in [0.15, 0.2) is 0 Å². The van der Waals surface area contributed by atoms with Crippen LogP contribution in [0.4, 0.5) is 0 Å². The van der Waals surface area contributed by atoms with Crippen LogP contribution in [0.25, 0.3) is 0 Å². The molecule has 5 unspecified atom stereocenters. The van der Waals surface area contributed by atoms with Gasteiger partial charge in [0, 0.05) is 13.0 Å². The molecule has 0 aliphatic carbocycles. The number of carbonyl (C=O) groups is 4. The van der Waals surface area contributed by atoms with E-state index in [4.69, 9.17) is 5.73 Å². The molecule has 10 heteroatoms. The van der Waals surface area contributed by atoms with Crippen LogP contribution in [0.3, 0.4) is 0 Å². The fourth-order valence-corrected chi connectivity index (χ4v) is 3.80. The highest BCUT2D eigenvalue weighted by molar-refractivity contribution is 5.94. The number of nitrogens with two attached hydrogens (primary N) is 1. The highest BCUT2D eigenvalue weighted by atomic mass is 16.4. The zero-order chi connectivity index (χ0) is 24.7. The van der Waals surface area contributed by atoms with Crippen molar-refractivity contribution in [3.8, 4) is 0 Å². The van der Waals surface area contributed by atoms with Gasteiger partial charge in [-0.05, 0) is 31.2 Å². The summed E-state index contributed by atoms with van der Waals surface area (Å²) in [6, 6.07) is 4.91. The van der Waals surface area contributed by atoms with Crippen LogP contribution in [0.1, 0.15) is 39.2 Å². The molecule has 1 aromatic rings. The highest BCUT2D eigenvalue weighted by Gasteiger charge is 2.39. The average molecular weight is 463 g/mol. The third-order valence-corrected chi connectivity index (χ3v) is 5.79. The number of amides is 3. The molecular weight excluding hydrogens is 428 g/mol. The monoisotopic (exact) mass is 462 g/mol. The molecule has 5 atom stereocenters. The molecule has 0 bridgehead atoms. The smallest absolute Gasteiger partial charge is 0.326 e. The summed E-state index contributed by atoms with van der Waals surface area (Å²) in [6.07, 6.45) is 0.0623. The second-order valence-electron chi connectivity index (χ2n) is 8.78. The van der Waals surface area contributed by atoms with Gasteiger partial charge in [0.05, 0.1) is 6.10 Å². The van der Waals surface area contributed by atoms with Gasteiger partial charge in [0.25, 0.3) is 0 Å². The zero-order valence-corrected chi connectivity index (χ0v) is 19.2. The highest BCUT2D eigenvalue weighted by Crippen LogP contribution is 2.19. The molecule has 1 aliphatic rings. The lowest BCUT2D eigenvalue weighted by Gasteiger charge is -2.29. The number of nitrogens with zero attached hydrogens (tertiary/aromatic N) is 1. The maximum Gasteiger partial charge on any atom is 0.326 e. The van der Waals surface area contributed by atoms with Crippen molar-refractivity contribution in [1.29, 1.82) is 0 Å². The van der Waals surface area contributed by atoms with Crippen LogP contribution in [0.15, 0.2) is 30.3 Å². The van der Waals surface area contributed by atoms with Crippen LogP contribution in [-0.2, 0) is 25.6 Å². The van der Waals surface area contributed by atoms with E-state index < -0.39 is 54.0 Å². The van der Waals surface area contributed by atoms with Crippen LogP contribution in [0.2, 0.25) is 0 Å². The van der Waals surface area contributed by atoms with Gasteiger partial charge in [-0.15, -0.1) is 0 Å². The predicted octanol–water partition coefficient (Wildman–Crippen LogP) is -0.362. The SMILES string of the molecule is CC(C)C(NC(=O)C(Cc1ccccc1)NC(=O)C1CCCN1C(=O)C(N)C(C)O)C(=O)O. The Morgan fingerprint density at radius 3 is 2.30 bits per heavy atom. The third kappa shape index (κ3) is 7.00. The van der Waals surface area contributed by atoms with Crippen molar-refractivity contribution in [2.75, 3.05) is 6.54 Å². The van der Waals surface area contributed by atoms with Gasteiger partial charge in [0.1, 0.15) is 24.2 Å². The molecular formula is C23H34N4O6. The predicted molar refractivity (Wildman–Crippen MR) is 121 cm³/mol. The van der Waals surface area contributed by atoms with E-state index in [9.17, 15) is 29.4 Å². The van der Waals surface area contributed by atoms with Gasteiger partial charge < -0.3 is 31.5 Å². The first-order valence-electron chi connectivity index (χ1n) is 11.1. The molecule has 33 heavy (non-hydrogen) atoms. The Morgan fingerprint density at radius 1 is 1.12 bits per heavy atom. The van der Waals surface area contributed by atoms with E-state index in [-0.39, 0.29) is 12.3 Å². The van der Waals surface area contributed by atoms with Crippen molar-refractivity contribution in [2.45, 2.75) is 70.3 Å². The number of carboxylic acids is 1. The summed E-state index contributed by atoms with van der Waals surface area (Å²) in [7, 11) is 0. The summed E-state index contributed by atoms with van der Waals surface area (Å²) >= 11 is 0. The lowest BCUT2D eigenvalue weighted by molar-refractivity contribution is -0.144. The maximum absolute atomic E-state index is 13.1. The number of likely N-dealkylation sites (tertiary alicyclic amines) is 1. The van der Waals surface area contributed by atoms with Gasteiger partial charge in [-0.2, -0.15) is 0 Å². The van der Waals surface area contributed by atoms with Crippen LogP contribution >= 0.6 is 0 Å². The number of hydrogen-bond acceptors (Lipinski definition) is 6. The molecule has 6 N–H and O–H groups in total. The Labute approximate surface area is 193 Å². The minimum absolute atomic E-state index is 0.150. The molecule has 1 aliphatic heterocycles. The fraction of sp³-hybridized carbons (Fsp3) is 0.565. The van der Waals surface area contributed by atoms with Crippen molar-refractivity contribution in [2.24, 2.45) is 11.7 Å². The molecule has 0 aromatic heterocycles. The molecule has 182 valence electrons. The Morgan fingerprint density at radius 2 is 1.76 bits per heavy atom. The van der Waals surface area contributed by atoms with Crippen molar-refractivity contribution in [1.82, 2.24) is 15.5 Å². The Hall–Kier alpha value is -2.98. The molecule has 1 heterocycles. The number of carbonyl (C=O) groups excluding carboxylic acids is 3. The first-order chi connectivity index (χ1) is 15.5. The van der Waals surface area contributed by atoms with E-state index in [1.54, 1.807) is 38.1 Å². The molecule has 1 fully saturated rings. The topological polar surface area (TPSA) is 162 Å². The lowest BCUT2D eigenvalue weighted by Crippen LogP contribution is -2.58. The summed E-state index contributed by atoms with van der Waals surface area (Å²) < 4.78 is 0. The second-order valence-corrected chi connectivity index (χ2v) is 8.78. The molecule has 0 radical (unpaired) electrons. The van der Waals surface area contributed by atoms with Gasteiger partial charge in [-0.3, -0.25) is 14.4 Å². The van der Waals surface area contributed by atoms with E-state index >= 15 is 0 Å². The number of nitrogens with one attached hydrogen (secondary N) is 2. The molecule has 0 saturated carbocycles. The van der Waals surface area contributed by atoms with E-state index in [0.29, 0.717) is 19.4 Å². The van der Waals surface area contributed by atoms with Crippen LogP contribution in [-0.4, -0.2) is 75.6 Å². The summed E-state index contributed by atoms with van der Waals surface area (Å²) in [4.78, 5) is 51.6. The second kappa shape index (κ2) is 11.8. The summed E-state index contributed by atoms with van der Waals surface area (Å²) in [6.45, 7) is 5.08. The van der Waals surface area contributed by atoms with Gasteiger partial charge in [-0.1, -0.05) is 44.2 Å². The Balaban J connectivity index is 2.20. The van der Waals surface area contributed by atoms with Gasteiger partial charge in [0.2, 0.25) is 17.7 Å². The van der Waals surface area contributed by atoms with E-state index in [1.807, 2.05) is 6.07 Å². The quantitative estimate of drug-likeness (QED) is 0.317. The Kier molecular flexibility index (Phi) is 9.36. The summed E-state index contributed by atoms with van der Waals surface area (Å²) in [5.41, 5.74) is 6.55. The van der Waals surface area contributed by atoms with Gasteiger partial charge >= 0.3 is 5.97 Å². The minimum Gasteiger partial charge on any atom is -0.480 e. The van der Waals surface area contributed by atoms with Crippen LogP contribution in [0.5, 0.6) is 0 Å². The normalized spacial score (nSPS) is 19.5. The van der Waals surface area contributed by atoms with Crippen molar-refractivity contribution in [3.63, 3.8) is 0 Å². The number of hydrogen-bond donors (Lipinski definition) is 5. The zero-order valence-electron chi connectivity index (χ0n) is 19.2. The first-order valence-corrected chi connectivity index (χ1v) is 11.1. The molecule has 3 amide bonds. The molecule has 2 rings (SSSR count). The lowest BCUT2D eigenvalue weighted by atomic mass is 10.0. The molecule has 1 aromatic carbocycles. The summed E-state index contributed by atoms with van der Waals surface area (Å²) in [5.74, 6) is -3.19. The molecule has 10 nitrogen and oxygen atoms in total. The number of benzene rings is 1. The van der Waals surface area contributed by atoms with Crippen molar-refractivity contribution in [3.05, 3.63) is 35.9 Å². The third-order valence-electron chi connectivity index (χ3n) is 5.79. The number of carboxylic acid groups (broad SMARTS) is 1. The van der Waals surface area contributed by atoms with Gasteiger partial charge in [-0.25, -0.2) is 4.79 Å². The maximum atomic E-state index is 13.1. The summed E-state index contributed by atoms with van der Waals surface area (Å²) in [5, 5.41) is 24.3. The van der Waals surface area contributed by atoms with Crippen molar-refractivity contribution >= 4 is 23.7 Å². The number of aliphatic hydroxyl groups is 1. The largest absolute Gasteiger partial charge is 0.480 e. The molecule has 1 saturated heterocycles. The van der Waals surface area contributed by atoms with E-state index in [2.05, 4.69) is 10.6 Å². The Bertz CT molecular complexity index is 845. The van der Waals surface area contributed by atoms with Crippen molar-refractivity contribution < 1.29 is 29.4 Å². The van der Waals surface area contributed by atoms with Crippen LogP contribution in [0, 0.1) is 5.92 Å². The fourth-order valence-electron chi connectivity index (χ4n) is 3.80. The van der Waals surface area contributed by atoms with Crippen LogP contribution < -0.4 is 16.4 Å². The number of aliphatic carboxylic acids is 1.